The molecule has 0 amide bonds. The van der Waals surface area contributed by atoms with Crippen LogP contribution in [0.2, 0.25) is 0 Å². The van der Waals surface area contributed by atoms with Gasteiger partial charge in [0.15, 0.2) is 0 Å². The van der Waals surface area contributed by atoms with Gasteiger partial charge in [-0.15, -0.1) is 0 Å². The van der Waals surface area contributed by atoms with Gasteiger partial charge in [0.1, 0.15) is 0 Å². The number of nitrogens with zero attached hydrogens (tertiary/aromatic N) is 3. The van der Waals surface area contributed by atoms with E-state index in [4.69, 9.17) is 0 Å². The normalized spacial score (nSPS) is 15.2. The Bertz CT molecular complexity index is 296. The molecule has 0 saturated carbocycles. The average molecular weight is 135 g/mol. The van der Waals surface area contributed by atoms with Crippen LogP contribution < -0.4 is 0 Å². The summed E-state index contributed by atoms with van der Waals surface area (Å²) in [7, 11) is 0. The summed E-state index contributed by atoms with van der Waals surface area (Å²) in [6.07, 6.45) is 0.959. The third kappa shape index (κ3) is 0.667. The maximum atomic E-state index is 4.20. The smallest absolute Gasteiger partial charge is 0.0705 e. The predicted octanol–water partition coefficient (Wildman–Crippen LogP) is 0.972. The summed E-state index contributed by atoms with van der Waals surface area (Å²) in [6.45, 7) is 4.00. The molecule has 10 heavy (non-hydrogen) atoms. The van der Waals surface area contributed by atoms with E-state index in [1.54, 1.807) is 4.79 Å². The van der Waals surface area contributed by atoms with Crippen molar-refractivity contribution in [1.29, 1.82) is 0 Å². The van der Waals surface area contributed by atoms with Crippen molar-refractivity contribution in [3.63, 3.8) is 0 Å². The molecule has 1 aliphatic rings. The first-order chi connectivity index (χ1) is 4.75. The van der Waals surface area contributed by atoms with Crippen LogP contribution >= 0.6 is 0 Å². The van der Waals surface area contributed by atoms with Gasteiger partial charge in [-0.2, -0.15) is 15.0 Å². The van der Waals surface area contributed by atoms with Crippen LogP contribution in [0.4, 0.5) is 0 Å². The Kier molecular flexibility index (Phi) is 0.952. The molecule has 0 bridgehead atoms. The molecular weight excluding hydrogens is 126 g/mol. The summed E-state index contributed by atoms with van der Waals surface area (Å²) in [4.78, 5) is 1.71. The zero-order chi connectivity index (χ0) is 7.14. The molecule has 3 nitrogen and oxygen atoms in total. The Labute approximate surface area is 59.4 Å². The second kappa shape index (κ2) is 1.68. The number of aryl methyl sites for hydroxylation is 1. The molecule has 0 spiro atoms. The van der Waals surface area contributed by atoms with E-state index in [0.717, 1.165) is 17.8 Å². The Morgan fingerprint density at radius 2 is 2.30 bits per heavy atom. The van der Waals surface area contributed by atoms with Crippen molar-refractivity contribution < 1.29 is 0 Å². The fourth-order valence-corrected chi connectivity index (χ4v) is 1.21. The van der Waals surface area contributed by atoms with E-state index in [1.165, 1.54) is 5.69 Å². The van der Waals surface area contributed by atoms with Gasteiger partial charge >= 0.3 is 0 Å². The van der Waals surface area contributed by atoms with Crippen LogP contribution in [0.15, 0.2) is 11.2 Å². The first-order valence-electron chi connectivity index (χ1n) is 3.36. The minimum atomic E-state index is 0.959. The molecule has 0 aliphatic carbocycles. The molecule has 0 N–H and O–H groups in total. The summed E-state index contributed by atoms with van der Waals surface area (Å²) < 4.78 is 0. The molecule has 2 rings (SSSR count). The number of rotatable bonds is 0. The second-order valence-corrected chi connectivity index (χ2v) is 2.68. The van der Waals surface area contributed by atoms with E-state index in [1.807, 2.05) is 13.8 Å². The summed E-state index contributed by atoms with van der Waals surface area (Å²) in [5, 5.41) is 8.37. The molecule has 52 valence electrons. The van der Waals surface area contributed by atoms with Crippen molar-refractivity contribution in [2.24, 2.45) is 5.10 Å². The van der Waals surface area contributed by atoms with E-state index in [-0.39, 0.29) is 0 Å². The van der Waals surface area contributed by atoms with Crippen molar-refractivity contribution in [2.75, 3.05) is 0 Å². The third-order valence-electron chi connectivity index (χ3n) is 1.59. The molecule has 2 heterocycles. The summed E-state index contributed by atoms with van der Waals surface area (Å²) in [5.74, 6) is 0. The van der Waals surface area contributed by atoms with Crippen LogP contribution in [0, 0.1) is 6.92 Å². The highest BCUT2D eigenvalue weighted by Crippen LogP contribution is 2.10. The number of aromatic nitrogens is 2. The second-order valence-electron chi connectivity index (χ2n) is 2.68. The molecule has 3 heteroatoms. The highest BCUT2D eigenvalue weighted by Gasteiger charge is 2.11. The van der Waals surface area contributed by atoms with Crippen LogP contribution in [-0.4, -0.2) is 15.6 Å². The van der Waals surface area contributed by atoms with Gasteiger partial charge in [0, 0.05) is 12.1 Å². The van der Waals surface area contributed by atoms with E-state index in [2.05, 4.69) is 16.3 Å². The molecule has 1 aromatic heterocycles. The lowest BCUT2D eigenvalue weighted by molar-refractivity contribution is 0.727. The van der Waals surface area contributed by atoms with E-state index in [9.17, 15) is 0 Å². The monoisotopic (exact) mass is 135 g/mol. The molecule has 0 unspecified atom stereocenters. The number of fused-ring (bicyclic) bond motifs is 1. The van der Waals surface area contributed by atoms with Gasteiger partial charge in [0.2, 0.25) is 0 Å². The Balaban J connectivity index is 2.53. The third-order valence-corrected chi connectivity index (χ3v) is 1.59. The molecule has 0 saturated heterocycles. The van der Waals surface area contributed by atoms with Crippen molar-refractivity contribution in [3.8, 4) is 0 Å². The number of hydrogen-bond acceptors (Lipinski definition) is 2. The lowest BCUT2D eigenvalue weighted by Gasteiger charge is -1.84. The van der Waals surface area contributed by atoms with E-state index < -0.39 is 0 Å². The van der Waals surface area contributed by atoms with E-state index >= 15 is 0 Å². The van der Waals surface area contributed by atoms with E-state index in [0.29, 0.717) is 0 Å². The molecule has 1 aliphatic heterocycles. The summed E-state index contributed by atoms with van der Waals surface area (Å²) >= 11 is 0. The topological polar surface area (TPSA) is 30.2 Å². The molecule has 0 radical (unpaired) electrons. The maximum absolute atomic E-state index is 4.20. The van der Waals surface area contributed by atoms with Crippen molar-refractivity contribution in [1.82, 2.24) is 9.89 Å². The number of hydrogen-bond donors (Lipinski definition) is 0. The molecule has 0 fully saturated rings. The Hall–Kier alpha value is -1.12. The molecule has 0 atom stereocenters. The SMILES string of the molecule is CC1=Nn2nc(C)cc2C1. The molecular formula is C7H9N3. The van der Waals surface area contributed by atoms with Crippen LogP contribution in [0.25, 0.3) is 0 Å². The lowest BCUT2D eigenvalue weighted by Crippen LogP contribution is -1.88. The van der Waals surface area contributed by atoms with Crippen molar-refractivity contribution in [3.05, 3.63) is 17.5 Å². The lowest BCUT2D eigenvalue weighted by atomic mass is 10.2. The van der Waals surface area contributed by atoms with Gasteiger partial charge in [-0.1, -0.05) is 0 Å². The minimum absolute atomic E-state index is 0.959. The molecule has 1 aromatic rings. The van der Waals surface area contributed by atoms with Gasteiger partial charge in [0.05, 0.1) is 11.4 Å². The van der Waals surface area contributed by atoms with Crippen LogP contribution in [0.1, 0.15) is 18.3 Å². The van der Waals surface area contributed by atoms with Gasteiger partial charge in [-0.05, 0) is 19.9 Å². The van der Waals surface area contributed by atoms with Crippen LogP contribution in [0.5, 0.6) is 0 Å². The Morgan fingerprint density at radius 3 is 3.00 bits per heavy atom. The fourth-order valence-electron chi connectivity index (χ4n) is 1.21. The zero-order valence-electron chi connectivity index (χ0n) is 6.13. The van der Waals surface area contributed by atoms with Crippen molar-refractivity contribution >= 4 is 5.71 Å². The van der Waals surface area contributed by atoms with Crippen LogP contribution in [0.3, 0.4) is 0 Å². The van der Waals surface area contributed by atoms with Gasteiger partial charge < -0.3 is 0 Å². The maximum Gasteiger partial charge on any atom is 0.0705 e. The summed E-state index contributed by atoms with van der Waals surface area (Å²) in [6, 6.07) is 2.07. The first kappa shape index (κ1) is 5.65. The average Bonchev–Trinajstić information content (AvgIpc) is 2.21. The first-order valence-corrected chi connectivity index (χ1v) is 3.36. The highest BCUT2D eigenvalue weighted by atomic mass is 15.5. The molecule has 0 aromatic carbocycles. The highest BCUT2D eigenvalue weighted by molar-refractivity contribution is 5.85. The fraction of sp³-hybridized carbons (Fsp3) is 0.429. The Morgan fingerprint density at radius 1 is 1.50 bits per heavy atom. The largest absolute Gasteiger partial charge is 0.160 e. The predicted molar refractivity (Wildman–Crippen MR) is 39.2 cm³/mol. The standard InChI is InChI=1S/C7H9N3/c1-5-3-7-4-6(2)9-10(7)8-5/h3H,4H2,1-2H3. The van der Waals surface area contributed by atoms with Gasteiger partial charge in [0.25, 0.3) is 0 Å². The quantitative estimate of drug-likeness (QED) is 0.521. The van der Waals surface area contributed by atoms with Gasteiger partial charge in [-0.3, -0.25) is 0 Å². The van der Waals surface area contributed by atoms with Crippen LogP contribution in [-0.2, 0) is 6.42 Å². The van der Waals surface area contributed by atoms with Crippen molar-refractivity contribution in [2.45, 2.75) is 20.3 Å². The van der Waals surface area contributed by atoms with Gasteiger partial charge in [-0.25, -0.2) is 0 Å². The zero-order valence-corrected chi connectivity index (χ0v) is 6.13. The minimum Gasteiger partial charge on any atom is -0.160 e. The summed E-state index contributed by atoms with van der Waals surface area (Å²) in [5.41, 5.74) is 3.39.